The van der Waals surface area contributed by atoms with E-state index < -0.39 is 0 Å². The van der Waals surface area contributed by atoms with E-state index in [1.165, 1.54) is 0 Å². The first-order valence-corrected chi connectivity index (χ1v) is 12.8. The number of hydrogen-bond donors (Lipinski definition) is 1. The van der Waals surface area contributed by atoms with Gasteiger partial charge in [-0.2, -0.15) is 0 Å². The molecule has 0 aliphatic heterocycles. The second kappa shape index (κ2) is 14.3. The van der Waals surface area contributed by atoms with Gasteiger partial charge >= 0.3 is 0 Å². The van der Waals surface area contributed by atoms with Crippen LogP contribution in [0.2, 0.25) is 0 Å². The van der Waals surface area contributed by atoms with E-state index in [2.05, 4.69) is 29.2 Å². The van der Waals surface area contributed by atoms with Crippen molar-refractivity contribution in [3.05, 3.63) is 71.8 Å². The van der Waals surface area contributed by atoms with Crippen LogP contribution in [-0.4, -0.2) is 52.3 Å². The normalized spacial score (nSPS) is 10.9. The van der Waals surface area contributed by atoms with Gasteiger partial charge in [-0.3, -0.25) is 0 Å². The summed E-state index contributed by atoms with van der Waals surface area (Å²) in [5, 5.41) is 0. The smallest absolute Gasteiger partial charge is 0.0237 e. The second-order valence-corrected chi connectivity index (χ2v) is 10.0. The average molecular weight is 449 g/mol. The predicted molar refractivity (Wildman–Crippen MR) is 136 cm³/mol. The van der Waals surface area contributed by atoms with Crippen LogP contribution in [0.5, 0.6) is 0 Å². The van der Waals surface area contributed by atoms with Crippen LogP contribution in [0.15, 0.2) is 60.7 Å². The van der Waals surface area contributed by atoms with E-state index >= 15 is 0 Å². The fourth-order valence-corrected chi connectivity index (χ4v) is 5.06. The van der Waals surface area contributed by atoms with E-state index in [1.54, 1.807) is 0 Å². The summed E-state index contributed by atoms with van der Waals surface area (Å²) >= 11 is 11.3. The quantitative estimate of drug-likeness (QED) is 0.184. The van der Waals surface area contributed by atoms with Crippen LogP contribution in [0.3, 0.4) is 0 Å². The van der Waals surface area contributed by atoms with Crippen molar-refractivity contribution in [2.45, 2.75) is 12.8 Å². The number of benzene rings is 2. The molecule has 150 valence electrons. The molecule has 0 aliphatic carbocycles. The summed E-state index contributed by atoms with van der Waals surface area (Å²) in [5.74, 6) is 2.09. The number of rotatable bonds is 14. The maximum absolute atomic E-state index is 5.65. The molecule has 2 aromatic rings. The molecule has 6 heteroatoms. The van der Waals surface area contributed by atoms with Crippen LogP contribution < -0.4 is 5.73 Å². The van der Waals surface area contributed by atoms with Gasteiger partial charge in [-0.15, -0.1) is 0 Å². The minimum Gasteiger partial charge on any atom is -0.330 e. The van der Waals surface area contributed by atoms with Crippen molar-refractivity contribution in [2.75, 3.05) is 37.7 Å². The van der Waals surface area contributed by atoms with E-state index in [9.17, 15) is 0 Å². The molecule has 0 aromatic heterocycles. The predicted octanol–water partition coefficient (Wildman–Crippen LogP) is 5.25. The molecule has 0 saturated heterocycles. The van der Waals surface area contributed by atoms with Gasteiger partial charge in [-0.05, 0) is 24.0 Å². The summed E-state index contributed by atoms with van der Waals surface area (Å²) in [4.78, 5) is 4.54. The van der Waals surface area contributed by atoms with Crippen molar-refractivity contribution in [3.8, 4) is 0 Å². The third-order valence-electron chi connectivity index (χ3n) is 4.28. The first kappa shape index (κ1) is 23.5. The first-order chi connectivity index (χ1) is 13.7. The maximum atomic E-state index is 5.65. The van der Waals surface area contributed by atoms with Gasteiger partial charge in [-0.1, -0.05) is 107 Å². The lowest BCUT2D eigenvalue weighted by Crippen LogP contribution is -2.30. The molecule has 0 aliphatic rings. The highest BCUT2D eigenvalue weighted by molar-refractivity contribution is 8.76. The zero-order chi connectivity index (χ0) is 20.0. The lowest BCUT2D eigenvalue weighted by molar-refractivity contribution is 0.309. The monoisotopic (exact) mass is 448 g/mol. The zero-order valence-electron chi connectivity index (χ0n) is 16.1. The summed E-state index contributed by atoms with van der Waals surface area (Å²) in [7, 11) is 3.75. The summed E-state index contributed by atoms with van der Waals surface area (Å²) in [6, 6.07) is 20.6. The van der Waals surface area contributed by atoms with Crippen LogP contribution in [0.4, 0.5) is 0 Å². The Bertz CT molecular complexity index is 651. The molecule has 0 atom stereocenters. The maximum Gasteiger partial charge on any atom is 0.0237 e. The van der Waals surface area contributed by atoms with Gasteiger partial charge in [0.2, 0.25) is 0 Å². The second-order valence-electron chi connectivity index (χ2n) is 6.35. The minimum atomic E-state index is 0.734. The number of thiocarbonyl (C=S) groups is 2. The fourth-order valence-electron chi connectivity index (χ4n) is 2.72. The summed E-state index contributed by atoms with van der Waals surface area (Å²) in [6.45, 7) is 3.70. The van der Waals surface area contributed by atoms with Crippen LogP contribution >= 0.6 is 46.0 Å². The molecule has 0 heterocycles. The van der Waals surface area contributed by atoms with Gasteiger partial charge in [0.25, 0.3) is 0 Å². The number of hydrogen-bond acceptors (Lipinski definition) is 6. The van der Waals surface area contributed by atoms with Gasteiger partial charge < -0.3 is 10.6 Å². The molecule has 0 bridgehead atoms. The largest absolute Gasteiger partial charge is 0.330 e. The van der Waals surface area contributed by atoms with Crippen molar-refractivity contribution >= 4 is 55.8 Å². The first-order valence-electron chi connectivity index (χ1n) is 9.54. The number of nitrogens with two attached hydrogens (primary N) is 1. The Morgan fingerprint density at radius 2 is 1.18 bits per heavy atom. The standard InChI is InChI=1S/C22H28N2S4/c23-13-17-27-28-18-16-24(14-11-21(25)19-7-3-1-4-8-19)15-12-22(26)20-9-5-2-6-10-20/h1-10H,11-18,23H2. The van der Waals surface area contributed by atoms with Crippen molar-refractivity contribution in [3.63, 3.8) is 0 Å². The van der Waals surface area contributed by atoms with Crippen molar-refractivity contribution in [1.29, 1.82) is 0 Å². The summed E-state index contributed by atoms with van der Waals surface area (Å²) < 4.78 is 0. The average Bonchev–Trinajstić information content (AvgIpc) is 2.75. The van der Waals surface area contributed by atoms with E-state index in [1.807, 2.05) is 58.0 Å². The lowest BCUT2D eigenvalue weighted by Gasteiger charge is -2.22. The molecular weight excluding hydrogens is 421 g/mol. The molecule has 0 spiro atoms. The van der Waals surface area contributed by atoms with Crippen LogP contribution in [0, 0.1) is 0 Å². The molecule has 0 amide bonds. The fraction of sp³-hybridized carbons (Fsp3) is 0.364. The Balaban J connectivity index is 1.84. The Morgan fingerprint density at radius 3 is 1.64 bits per heavy atom. The van der Waals surface area contributed by atoms with Crippen molar-refractivity contribution in [2.24, 2.45) is 5.73 Å². The van der Waals surface area contributed by atoms with Gasteiger partial charge in [0, 0.05) is 47.4 Å². The molecular formula is C22H28N2S4. The van der Waals surface area contributed by atoms with E-state index in [0.29, 0.717) is 0 Å². The zero-order valence-corrected chi connectivity index (χ0v) is 19.4. The minimum absolute atomic E-state index is 0.734. The SMILES string of the molecule is NCCSSCCN(CCC(=S)c1ccccc1)CCC(=S)c1ccccc1. The highest BCUT2D eigenvalue weighted by Gasteiger charge is 2.10. The third-order valence-corrected chi connectivity index (χ3v) is 7.58. The Labute approximate surface area is 188 Å². The molecule has 0 fully saturated rings. The Hall–Kier alpha value is -0.760. The van der Waals surface area contributed by atoms with E-state index in [-0.39, 0.29) is 0 Å². The number of nitrogens with zero attached hydrogens (tertiary/aromatic N) is 1. The van der Waals surface area contributed by atoms with Crippen molar-refractivity contribution < 1.29 is 0 Å². The molecule has 2 rings (SSSR count). The van der Waals surface area contributed by atoms with Crippen molar-refractivity contribution in [1.82, 2.24) is 4.90 Å². The van der Waals surface area contributed by atoms with Crippen LogP contribution in [0.1, 0.15) is 24.0 Å². The Morgan fingerprint density at radius 1 is 0.714 bits per heavy atom. The van der Waals surface area contributed by atoms with Gasteiger partial charge in [0.15, 0.2) is 0 Å². The highest BCUT2D eigenvalue weighted by Crippen LogP contribution is 2.20. The van der Waals surface area contributed by atoms with Crippen LogP contribution in [0.25, 0.3) is 0 Å². The Kier molecular flexibility index (Phi) is 12.0. The summed E-state index contributed by atoms with van der Waals surface area (Å²) in [6.07, 6.45) is 1.80. The van der Waals surface area contributed by atoms with Gasteiger partial charge in [-0.25, -0.2) is 0 Å². The molecule has 0 unspecified atom stereocenters. The molecule has 0 radical (unpaired) electrons. The third kappa shape index (κ3) is 9.16. The highest BCUT2D eigenvalue weighted by atomic mass is 33.1. The van der Waals surface area contributed by atoms with E-state index in [4.69, 9.17) is 30.2 Å². The van der Waals surface area contributed by atoms with Gasteiger partial charge in [0.1, 0.15) is 0 Å². The molecule has 2 aromatic carbocycles. The molecule has 2 nitrogen and oxygen atoms in total. The van der Waals surface area contributed by atoms with Gasteiger partial charge in [0.05, 0.1) is 0 Å². The molecule has 2 N–H and O–H groups in total. The van der Waals surface area contributed by atoms with Crippen LogP contribution in [-0.2, 0) is 0 Å². The molecule has 28 heavy (non-hydrogen) atoms. The topological polar surface area (TPSA) is 29.3 Å². The lowest BCUT2D eigenvalue weighted by atomic mass is 10.1. The van der Waals surface area contributed by atoms with E-state index in [0.717, 1.165) is 71.4 Å². The summed E-state index contributed by atoms with van der Waals surface area (Å²) in [5.41, 5.74) is 7.88. The molecule has 0 saturated carbocycles.